The van der Waals surface area contributed by atoms with Crippen molar-refractivity contribution in [2.45, 2.75) is 109 Å². The fourth-order valence-corrected chi connectivity index (χ4v) is 2.89. The van der Waals surface area contributed by atoms with Gasteiger partial charge in [-0.1, -0.05) is 90.4 Å². The molecule has 1 heterocycles. The van der Waals surface area contributed by atoms with Crippen molar-refractivity contribution in [2.75, 3.05) is 13.2 Å². The van der Waals surface area contributed by atoms with E-state index in [9.17, 15) is 0 Å². The molecule has 2 atom stereocenters. The summed E-state index contributed by atoms with van der Waals surface area (Å²) in [6, 6.07) is 0. The summed E-state index contributed by atoms with van der Waals surface area (Å²) in [5.74, 6) is 0. The number of unbranched alkanes of at least 4 members (excludes halogenated alkanes) is 13. The summed E-state index contributed by atoms with van der Waals surface area (Å²) in [4.78, 5) is 0. The van der Waals surface area contributed by atoms with Gasteiger partial charge in [-0.15, -0.1) is 0 Å². The smallest absolute Gasteiger partial charge is 0.135 e. The topological polar surface area (TPSA) is 47.8 Å². The average molecular weight is 314 g/mol. The van der Waals surface area contributed by atoms with Crippen molar-refractivity contribution in [3.63, 3.8) is 0 Å². The van der Waals surface area contributed by atoms with E-state index in [1.54, 1.807) is 0 Å². The Morgan fingerprint density at radius 1 is 0.727 bits per heavy atom. The molecule has 0 aliphatic carbocycles. The molecule has 0 bridgehead atoms. The highest BCUT2D eigenvalue weighted by Gasteiger charge is 2.34. The fraction of sp³-hybridized carbons (Fsp3) is 1.00. The monoisotopic (exact) mass is 313 g/mol. The van der Waals surface area contributed by atoms with Gasteiger partial charge in [-0.05, 0) is 6.42 Å². The SMILES string of the molecule is CCCCCCCCCCCCCCCCOCC1OC1N. The van der Waals surface area contributed by atoms with E-state index in [4.69, 9.17) is 15.2 Å². The van der Waals surface area contributed by atoms with Crippen LogP contribution in [0.1, 0.15) is 96.8 Å². The van der Waals surface area contributed by atoms with Gasteiger partial charge in [-0.25, -0.2) is 0 Å². The van der Waals surface area contributed by atoms with Gasteiger partial charge < -0.3 is 15.2 Å². The highest BCUT2D eigenvalue weighted by atomic mass is 16.6. The maximum atomic E-state index is 5.53. The Bertz CT molecular complexity index is 235. The average Bonchev–Trinajstić information content (AvgIpc) is 3.22. The van der Waals surface area contributed by atoms with Crippen molar-refractivity contribution in [2.24, 2.45) is 5.73 Å². The fourth-order valence-electron chi connectivity index (χ4n) is 2.89. The zero-order valence-electron chi connectivity index (χ0n) is 14.9. The van der Waals surface area contributed by atoms with Gasteiger partial charge in [0.15, 0.2) is 0 Å². The van der Waals surface area contributed by atoms with Gasteiger partial charge in [0.05, 0.1) is 6.61 Å². The number of hydrogen-bond donors (Lipinski definition) is 1. The molecule has 0 aromatic rings. The van der Waals surface area contributed by atoms with E-state index in [-0.39, 0.29) is 12.3 Å². The number of ether oxygens (including phenoxy) is 2. The van der Waals surface area contributed by atoms with Gasteiger partial charge in [0.25, 0.3) is 0 Å². The minimum atomic E-state index is -0.0589. The lowest BCUT2D eigenvalue weighted by Crippen LogP contribution is -2.11. The molecular formula is C19H39NO2. The Labute approximate surface area is 138 Å². The first-order valence-corrected chi connectivity index (χ1v) is 9.83. The summed E-state index contributed by atoms with van der Waals surface area (Å²) < 4.78 is 10.6. The Kier molecular flexibility index (Phi) is 13.1. The van der Waals surface area contributed by atoms with E-state index >= 15 is 0 Å². The minimum Gasteiger partial charge on any atom is -0.379 e. The molecule has 1 rings (SSSR count). The van der Waals surface area contributed by atoms with E-state index in [0.717, 1.165) is 6.61 Å². The lowest BCUT2D eigenvalue weighted by Gasteiger charge is -2.04. The third-order valence-electron chi connectivity index (χ3n) is 4.55. The van der Waals surface area contributed by atoms with Crippen LogP contribution in [-0.2, 0) is 9.47 Å². The van der Waals surface area contributed by atoms with E-state index in [1.165, 1.54) is 89.9 Å². The van der Waals surface area contributed by atoms with Crippen molar-refractivity contribution < 1.29 is 9.47 Å². The number of rotatable bonds is 17. The maximum Gasteiger partial charge on any atom is 0.135 e. The maximum absolute atomic E-state index is 5.53. The molecule has 0 aromatic heterocycles. The highest BCUT2D eigenvalue weighted by Crippen LogP contribution is 2.16. The van der Waals surface area contributed by atoms with Crippen LogP contribution in [0.15, 0.2) is 0 Å². The molecule has 0 radical (unpaired) electrons. The second kappa shape index (κ2) is 14.5. The molecular weight excluding hydrogens is 274 g/mol. The zero-order valence-corrected chi connectivity index (χ0v) is 14.9. The third kappa shape index (κ3) is 12.4. The zero-order chi connectivity index (χ0) is 15.9. The predicted molar refractivity (Wildman–Crippen MR) is 94.0 cm³/mol. The van der Waals surface area contributed by atoms with Crippen LogP contribution in [0.5, 0.6) is 0 Å². The first-order chi connectivity index (χ1) is 10.8. The predicted octanol–water partition coefficient (Wildman–Crippen LogP) is 5.17. The van der Waals surface area contributed by atoms with Crippen molar-refractivity contribution in [1.82, 2.24) is 0 Å². The Morgan fingerprint density at radius 2 is 1.14 bits per heavy atom. The first-order valence-electron chi connectivity index (χ1n) is 9.83. The van der Waals surface area contributed by atoms with Crippen molar-refractivity contribution >= 4 is 0 Å². The summed E-state index contributed by atoms with van der Waals surface area (Å²) >= 11 is 0. The largest absolute Gasteiger partial charge is 0.379 e. The third-order valence-corrected chi connectivity index (χ3v) is 4.55. The lowest BCUT2D eigenvalue weighted by molar-refractivity contribution is 0.113. The molecule has 2 unspecified atom stereocenters. The number of hydrogen-bond acceptors (Lipinski definition) is 3. The molecule has 132 valence electrons. The van der Waals surface area contributed by atoms with Gasteiger partial charge in [0, 0.05) is 6.61 Å². The van der Waals surface area contributed by atoms with Crippen LogP contribution in [0, 0.1) is 0 Å². The van der Waals surface area contributed by atoms with Crippen LogP contribution >= 0.6 is 0 Å². The van der Waals surface area contributed by atoms with E-state index in [2.05, 4.69) is 6.92 Å². The molecule has 0 saturated carbocycles. The van der Waals surface area contributed by atoms with Gasteiger partial charge in [0.2, 0.25) is 0 Å². The standard InChI is InChI=1S/C19H39NO2/c1-2-3-4-5-6-7-8-9-10-11-12-13-14-15-16-21-17-18-19(20)22-18/h18-19H,2-17,20H2,1H3. The Balaban J connectivity index is 1.61. The lowest BCUT2D eigenvalue weighted by atomic mass is 10.0. The summed E-state index contributed by atoms with van der Waals surface area (Å²) in [6.07, 6.45) is 19.7. The molecule has 3 heteroatoms. The van der Waals surface area contributed by atoms with Gasteiger partial charge in [-0.3, -0.25) is 0 Å². The van der Waals surface area contributed by atoms with Crippen LogP contribution in [0.3, 0.4) is 0 Å². The van der Waals surface area contributed by atoms with E-state index in [1.807, 2.05) is 0 Å². The molecule has 1 aliphatic rings. The summed E-state index contributed by atoms with van der Waals surface area (Å²) in [6.45, 7) is 3.83. The quantitative estimate of drug-likeness (QED) is 0.298. The van der Waals surface area contributed by atoms with Crippen LogP contribution in [0.2, 0.25) is 0 Å². The van der Waals surface area contributed by atoms with Crippen LogP contribution < -0.4 is 5.73 Å². The summed E-state index contributed by atoms with van der Waals surface area (Å²) in [5, 5.41) is 0. The van der Waals surface area contributed by atoms with E-state index in [0.29, 0.717) is 6.61 Å². The van der Waals surface area contributed by atoms with Gasteiger partial charge in [-0.2, -0.15) is 0 Å². The molecule has 0 spiro atoms. The minimum absolute atomic E-state index is 0.0589. The second-order valence-electron chi connectivity index (χ2n) is 6.81. The number of nitrogens with two attached hydrogens (primary N) is 1. The Morgan fingerprint density at radius 3 is 1.55 bits per heavy atom. The van der Waals surface area contributed by atoms with Crippen molar-refractivity contribution in [1.29, 1.82) is 0 Å². The van der Waals surface area contributed by atoms with Crippen LogP contribution in [0.25, 0.3) is 0 Å². The Hall–Kier alpha value is -0.120. The summed E-state index contributed by atoms with van der Waals surface area (Å²) in [7, 11) is 0. The van der Waals surface area contributed by atoms with Crippen molar-refractivity contribution in [3.8, 4) is 0 Å². The van der Waals surface area contributed by atoms with E-state index < -0.39 is 0 Å². The molecule has 1 fully saturated rings. The van der Waals surface area contributed by atoms with Crippen molar-refractivity contribution in [3.05, 3.63) is 0 Å². The normalized spacial score (nSPS) is 20.5. The van der Waals surface area contributed by atoms with Gasteiger partial charge in [0.1, 0.15) is 12.3 Å². The van der Waals surface area contributed by atoms with Crippen LogP contribution in [-0.4, -0.2) is 25.5 Å². The molecule has 1 saturated heterocycles. The highest BCUT2D eigenvalue weighted by molar-refractivity contribution is 4.78. The second-order valence-corrected chi connectivity index (χ2v) is 6.81. The molecule has 2 N–H and O–H groups in total. The molecule has 0 aromatic carbocycles. The molecule has 1 aliphatic heterocycles. The summed E-state index contributed by atoms with van der Waals surface area (Å²) in [5.41, 5.74) is 5.53. The molecule has 3 nitrogen and oxygen atoms in total. The number of epoxide rings is 1. The molecule has 0 amide bonds. The first kappa shape index (κ1) is 19.9. The van der Waals surface area contributed by atoms with Gasteiger partial charge >= 0.3 is 0 Å². The molecule has 22 heavy (non-hydrogen) atoms. The van der Waals surface area contributed by atoms with Crippen LogP contribution in [0.4, 0.5) is 0 Å².